The van der Waals surface area contributed by atoms with Crippen LogP contribution in [0, 0.1) is 5.82 Å². The smallest absolute Gasteiger partial charge is 0.294 e. The molecule has 7 nitrogen and oxygen atoms in total. The number of hydrogen-bond donors (Lipinski definition) is 1. The molecule has 0 saturated heterocycles. The molecular weight excluding hydrogens is 423 g/mol. The zero-order valence-corrected chi connectivity index (χ0v) is 19.1. The Kier molecular flexibility index (Phi) is 5.84. The minimum absolute atomic E-state index is 0.0712. The van der Waals surface area contributed by atoms with E-state index in [1.165, 1.54) is 33.8 Å². The summed E-state index contributed by atoms with van der Waals surface area (Å²) in [5.74, 6) is -1.38. The van der Waals surface area contributed by atoms with Gasteiger partial charge in [-0.15, -0.1) is 0 Å². The summed E-state index contributed by atoms with van der Waals surface area (Å²) < 4.78 is 16.3. The van der Waals surface area contributed by atoms with Crippen molar-refractivity contribution in [2.45, 2.75) is 46.6 Å². The quantitative estimate of drug-likeness (QED) is 0.464. The molecule has 0 radical (unpaired) electrons. The molecule has 170 valence electrons. The van der Waals surface area contributed by atoms with Crippen LogP contribution in [0.25, 0.3) is 17.0 Å². The Morgan fingerprint density at radius 2 is 1.58 bits per heavy atom. The Morgan fingerprint density at radius 1 is 0.939 bits per heavy atom. The van der Waals surface area contributed by atoms with Gasteiger partial charge < -0.3 is 0 Å². The van der Waals surface area contributed by atoms with Gasteiger partial charge in [0.15, 0.2) is 12.4 Å². The minimum Gasteiger partial charge on any atom is -0.294 e. The topological polar surface area (TPSA) is 79.1 Å². The first-order valence-corrected chi connectivity index (χ1v) is 11.0. The van der Waals surface area contributed by atoms with Crippen LogP contribution in [0.15, 0.2) is 53.6 Å². The van der Waals surface area contributed by atoms with E-state index in [-0.39, 0.29) is 22.9 Å². The van der Waals surface area contributed by atoms with Crippen LogP contribution in [0.5, 0.6) is 0 Å². The summed E-state index contributed by atoms with van der Waals surface area (Å²) in [5.41, 5.74) is 1.95. The molecule has 0 spiro atoms. The predicted octanol–water partition coefficient (Wildman–Crippen LogP) is 2.86. The number of hydrogen-bond acceptors (Lipinski definition) is 3. The van der Waals surface area contributed by atoms with E-state index in [1.54, 1.807) is 30.8 Å². The number of halogens is 1. The number of nitrogens with one attached hydrogen (secondary N) is 1. The van der Waals surface area contributed by atoms with Crippen LogP contribution >= 0.6 is 0 Å². The lowest BCUT2D eigenvalue weighted by Crippen LogP contribution is -2.42. The molecule has 1 aromatic carbocycles. The molecule has 3 heterocycles. The molecule has 1 N–H and O–H groups in total. The van der Waals surface area contributed by atoms with Gasteiger partial charge in [-0.2, -0.15) is 4.57 Å². The van der Waals surface area contributed by atoms with E-state index < -0.39 is 23.2 Å². The lowest BCUT2D eigenvalue weighted by molar-refractivity contribution is -0.577. The van der Waals surface area contributed by atoms with Gasteiger partial charge in [-0.1, -0.05) is 13.8 Å². The summed E-state index contributed by atoms with van der Waals surface area (Å²) in [5, 5.41) is 3.04. The lowest BCUT2D eigenvalue weighted by Gasteiger charge is -2.17. The number of pyridine rings is 1. The van der Waals surface area contributed by atoms with Crippen LogP contribution < -0.4 is 10.1 Å². The third kappa shape index (κ3) is 3.71. The van der Waals surface area contributed by atoms with Gasteiger partial charge in [-0.3, -0.25) is 24.4 Å². The minimum atomic E-state index is -0.505. The number of carbonyl (C=O) groups is 2. The van der Waals surface area contributed by atoms with E-state index in [0.717, 1.165) is 12.0 Å². The third-order valence-electron chi connectivity index (χ3n) is 5.83. The Hall–Kier alpha value is -3.81. The summed E-state index contributed by atoms with van der Waals surface area (Å²) >= 11 is 0. The highest BCUT2D eigenvalue weighted by atomic mass is 19.1. The fourth-order valence-corrected chi connectivity index (χ4v) is 4.08. The van der Waals surface area contributed by atoms with E-state index in [9.17, 15) is 18.8 Å². The van der Waals surface area contributed by atoms with Crippen molar-refractivity contribution in [3.63, 3.8) is 0 Å². The fraction of sp³-hybridized carbons (Fsp3) is 0.280. The van der Waals surface area contributed by atoms with Gasteiger partial charge in [0.25, 0.3) is 17.2 Å². The molecule has 0 unspecified atom stereocenters. The number of carbonyl (C=O) groups excluding carboxylic acids is 2. The number of H-pyrrole nitrogens is 1. The van der Waals surface area contributed by atoms with Gasteiger partial charge in [0.05, 0.1) is 11.3 Å². The van der Waals surface area contributed by atoms with Crippen molar-refractivity contribution in [3.05, 3.63) is 81.8 Å². The molecule has 0 aliphatic carbocycles. The predicted molar refractivity (Wildman–Crippen MR) is 122 cm³/mol. The van der Waals surface area contributed by atoms with Crippen LogP contribution in [0.4, 0.5) is 4.39 Å². The molecule has 8 heteroatoms. The lowest BCUT2D eigenvalue weighted by atomic mass is 10.0. The van der Waals surface area contributed by atoms with Crippen LogP contribution in [-0.4, -0.2) is 32.5 Å². The van der Waals surface area contributed by atoms with Crippen molar-refractivity contribution < 1.29 is 18.5 Å². The Labute approximate surface area is 190 Å². The zero-order valence-electron chi connectivity index (χ0n) is 19.1. The summed E-state index contributed by atoms with van der Waals surface area (Å²) in [6, 6.07) is 8.86. The average Bonchev–Trinajstić information content (AvgIpc) is 3.26. The number of aromatic amines is 1. The summed E-state index contributed by atoms with van der Waals surface area (Å²) in [4.78, 5) is 41.6. The van der Waals surface area contributed by atoms with Gasteiger partial charge in [-0.05, 0) is 56.5 Å². The number of amides is 2. The van der Waals surface area contributed by atoms with Crippen molar-refractivity contribution in [2.75, 3.05) is 0 Å². The maximum Gasteiger partial charge on any atom is 0.327 e. The number of rotatable bonds is 6. The fourth-order valence-electron chi connectivity index (χ4n) is 4.08. The number of aryl methyl sites for hydroxylation is 2. The molecule has 0 bridgehead atoms. The number of benzene rings is 1. The first-order valence-electron chi connectivity index (χ1n) is 11.0. The van der Waals surface area contributed by atoms with Gasteiger partial charge in [0.1, 0.15) is 11.4 Å². The number of nitrogens with zero attached hydrogens (tertiary/aromatic N) is 3. The summed E-state index contributed by atoms with van der Waals surface area (Å²) in [6.07, 6.45) is 4.73. The van der Waals surface area contributed by atoms with Crippen molar-refractivity contribution in [1.29, 1.82) is 0 Å². The van der Waals surface area contributed by atoms with E-state index in [4.69, 9.17) is 0 Å². The Balaban J connectivity index is 1.99. The van der Waals surface area contributed by atoms with Gasteiger partial charge in [0.2, 0.25) is 0 Å². The van der Waals surface area contributed by atoms with Crippen molar-refractivity contribution in [3.8, 4) is 5.69 Å². The standard InChI is InChI=1S/C25H25FN4O3/c1-5-16-11-13-28(14-12-16)22-21(23(31)29(15(3)4)25(22)33)20-19(6-2)27-30(24(20)32)18-9-7-17(26)8-10-18/h7-15H,5-6H2,1-4H3/p+1. The second-order valence-corrected chi connectivity index (χ2v) is 8.20. The van der Waals surface area contributed by atoms with Crippen LogP contribution in [-0.2, 0) is 22.4 Å². The third-order valence-corrected chi connectivity index (χ3v) is 5.83. The molecule has 0 saturated carbocycles. The molecule has 33 heavy (non-hydrogen) atoms. The van der Waals surface area contributed by atoms with Crippen molar-refractivity contribution in [2.24, 2.45) is 0 Å². The Bertz CT molecular complexity index is 1320. The number of imide groups is 1. The first-order chi connectivity index (χ1) is 15.8. The molecular formula is C25H26FN4O3+. The van der Waals surface area contributed by atoms with E-state index in [0.29, 0.717) is 17.8 Å². The number of aromatic nitrogens is 3. The monoisotopic (exact) mass is 449 g/mol. The second kappa shape index (κ2) is 8.61. The second-order valence-electron chi connectivity index (χ2n) is 8.20. The molecule has 1 aliphatic heterocycles. The molecule has 0 atom stereocenters. The van der Waals surface area contributed by atoms with Crippen LogP contribution in [0.3, 0.4) is 0 Å². The highest BCUT2D eigenvalue weighted by Crippen LogP contribution is 2.31. The van der Waals surface area contributed by atoms with Crippen molar-refractivity contribution >= 4 is 23.1 Å². The Morgan fingerprint density at radius 3 is 2.12 bits per heavy atom. The van der Waals surface area contributed by atoms with E-state index >= 15 is 0 Å². The van der Waals surface area contributed by atoms with Gasteiger partial charge >= 0.3 is 5.91 Å². The van der Waals surface area contributed by atoms with E-state index in [2.05, 4.69) is 5.10 Å². The van der Waals surface area contributed by atoms with Gasteiger partial charge in [-0.25, -0.2) is 9.07 Å². The van der Waals surface area contributed by atoms with Crippen LogP contribution in [0.1, 0.15) is 44.5 Å². The molecule has 3 aromatic rings. The maximum atomic E-state index is 13.5. The highest BCUT2D eigenvalue weighted by molar-refractivity contribution is 6.44. The SMILES string of the molecule is CCc1cc[n+](C2=C(c3c(CC)[nH]n(-c4ccc(F)cc4)c3=O)C(=O)N(C(C)C)C2=O)cc1. The normalized spacial score (nSPS) is 14.2. The largest absolute Gasteiger partial charge is 0.327 e. The first kappa shape index (κ1) is 22.4. The maximum absolute atomic E-state index is 13.5. The van der Waals surface area contributed by atoms with Gasteiger partial charge in [0, 0.05) is 23.9 Å². The average molecular weight is 450 g/mol. The molecule has 2 amide bonds. The van der Waals surface area contributed by atoms with E-state index in [1.807, 2.05) is 26.0 Å². The molecule has 4 rings (SSSR count). The summed E-state index contributed by atoms with van der Waals surface area (Å²) in [6.45, 7) is 7.40. The molecule has 1 aliphatic rings. The summed E-state index contributed by atoms with van der Waals surface area (Å²) in [7, 11) is 0. The molecule has 0 fully saturated rings. The van der Waals surface area contributed by atoms with Crippen LogP contribution in [0.2, 0.25) is 0 Å². The van der Waals surface area contributed by atoms with Crippen molar-refractivity contribution in [1.82, 2.24) is 14.7 Å². The highest BCUT2D eigenvalue weighted by Gasteiger charge is 2.48. The zero-order chi connectivity index (χ0) is 23.9. The molecule has 2 aromatic heterocycles.